The van der Waals surface area contributed by atoms with Crippen molar-refractivity contribution in [2.24, 2.45) is 0 Å². The average Bonchev–Trinajstić information content (AvgIpc) is 3.52. The topological polar surface area (TPSA) is 79.9 Å². The van der Waals surface area contributed by atoms with Gasteiger partial charge in [0.15, 0.2) is 11.5 Å². The van der Waals surface area contributed by atoms with Crippen LogP contribution in [0, 0.1) is 0 Å². The second kappa shape index (κ2) is 10.0. The molecule has 3 heterocycles. The number of nitrogens with zero attached hydrogens (tertiary/aromatic N) is 1. The maximum Gasteiger partial charge on any atom is 0.251 e. The van der Waals surface area contributed by atoms with E-state index in [1.807, 2.05) is 24.3 Å². The SMILES string of the molecule is O=C(CNC(=O)c1ccc2c(c1)OCO2)NCC(c1ccc(Cl)cc1)N1CCc2sccc2C1. The van der Waals surface area contributed by atoms with Crippen LogP contribution in [0.5, 0.6) is 11.5 Å². The first-order chi connectivity index (χ1) is 16.6. The number of carbonyl (C=O) groups excluding carboxylic acids is 2. The van der Waals surface area contributed by atoms with Gasteiger partial charge in [0.2, 0.25) is 12.7 Å². The first kappa shape index (κ1) is 22.7. The quantitative estimate of drug-likeness (QED) is 0.519. The van der Waals surface area contributed by atoms with Crippen LogP contribution in [0.25, 0.3) is 0 Å². The standard InChI is InChI=1S/C25H24ClN3O4S/c26-19-4-1-16(2-5-19)20(29-9-7-23-18(14-29)8-10-34-23)12-27-24(30)13-28-25(31)17-3-6-21-22(11-17)33-15-32-21/h1-6,8,10-11,20H,7,9,12-15H2,(H,27,30)(H,28,31). The molecule has 0 saturated carbocycles. The molecule has 1 aromatic heterocycles. The Morgan fingerprint density at radius 3 is 2.74 bits per heavy atom. The fourth-order valence-corrected chi connectivity index (χ4v) is 5.27. The molecular weight excluding hydrogens is 474 g/mol. The molecule has 34 heavy (non-hydrogen) atoms. The van der Waals surface area contributed by atoms with Crippen LogP contribution in [0.2, 0.25) is 5.02 Å². The van der Waals surface area contributed by atoms with Gasteiger partial charge in [-0.05, 0) is 59.3 Å². The normalized spacial score (nSPS) is 15.4. The second-order valence-electron chi connectivity index (χ2n) is 8.21. The Kier molecular flexibility index (Phi) is 6.71. The summed E-state index contributed by atoms with van der Waals surface area (Å²) in [6, 6.07) is 14.9. The molecule has 1 atom stereocenters. The van der Waals surface area contributed by atoms with Crippen LogP contribution in [-0.2, 0) is 17.8 Å². The van der Waals surface area contributed by atoms with E-state index in [2.05, 4.69) is 27.0 Å². The number of hydrogen-bond acceptors (Lipinski definition) is 6. The lowest BCUT2D eigenvalue weighted by molar-refractivity contribution is -0.120. The number of hydrogen-bond donors (Lipinski definition) is 2. The highest BCUT2D eigenvalue weighted by Crippen LogP contribution is 2.33. The number of carbonyl (C=O) groups is 2. The number of fused-ring (bicyclic) bond motifs is 2. The molecule has 2 N–H and O–H groups in total. The molecule has 2 aromatic carbocycles. The summed E-state index contributed by atoms with van der Waals surface area (Å²) >= 11 is 7.90. The van der Waals surface area contributed by atoms with Crippen molar-refractivity contribution in [2.45, 2.75) is 19.0 Å². The van der Waals surface area contributed by atoms with E-state index in [9.17, 15) is 9.59 Å². The van der Waals surface area contributed by atoms with Gasteiger partial charge in [-0.1, -0.05) is 23.7 Å². The monoisotopic (exact) mass is 497 g/mol. The Morgan fingerprint density at radius 1 is 1.06 bits per heavy atom. The molecule has 2 aliphatic heterocycles. The molecule has 1 unspecified atom stereocenters. The van der Waals surface area contributed by atoms with E-state index >= 15 is 0 Å². The summed E-state index contributed by atoms with van der Waals surface area (Å²) in [7, 11) is 0. The molecule has 0 bridgehead atoms. The van der Waals surface area contributed by atoms with Crippen molar-refractivity contribution in [3.8, 4) is 11.5 Å². The predicted molar refractivity (Wildman–Crippen MR) is 131 cm³/mol. The lowest BCUT2D eigenvalue weighted by Crippen LogP contribution is -2.43. The van der Waals surface area contributed by atoms with Crippen molar-refractivity contribution >= 4 is 34.8 Å². The minimum Gasteiger partial charge on any atom is -0.454 e. The van der Waals surface area contributed by atoms with E-state index in [1.165, 1.54) is 10.4 Å². The van der Waals surface area contributed by atoms with Crippen molar-refractivity contribution in [2.75, 3.05) is 26.4 Å². The molecule has 7 nitrogen and oxygen atoms in total. The molecule has 176 valence electrons. The third kappa shape index (κ3) is 5.04. The minimum atomic E-state index is -0.344. The van der Waals surface area contributed by atoms with Crippen LogP contribution < -0.4 is 20.1 Å². The second-order valence-corrected chi connectivity index (χ2v) is 9.65. The summed E-state index contributed by atoms with van der Waals surface area (Å²) in [4.78, 5) is 28.9. The van der Waals surface area contributed by atoms with Crippen molar-refractivity contribution in [1.82, 2.24) is 15.5 Å². The average molecular weight is 498 g/mol. The highest BCUT2D eigenvalue weighted by molar-refractivity contribution is 7.10. The number of thiophene rings is 1. The summed E-state index contributed by atoms with van der Waals surface area (Å²) < 4.78 is 10.6. The Bertz CT molecular complexity index is 1200. The van der Waals surface area contributed by atoms with Gasteiger partial charge in [-0.25, -0.2) is 0 Å². The number of amides is 2. The van der Waals surface area contributed by atoms with Crippen LogP contribution in [0.1, 0.15) is 32.4 Å². The molecule has 3 aromatic rings. The molecular formula is C25H24ClN3O4S. The van der Waals surface area contributed by atoms with Crippen molar-refractivity contribution in [3.05, 3.63) is 80.5 Å². The number of rotatable bonds is 7. The predicted octanol–water partition coefficient (Wildman–Crippen LogP) is 3.78. The van der Waals surface area contributed by atoms with Gasteiger partial charge in [0.25, 0.3) is 5.91 Å². The maximum atomic E-state index is 12.6. The van der Waals surface area contributed by atoms with E-state index in [0.717, 1.165) is 25.1 Å². The Morgan fingerprint density at radius 2 is 1.88 bits per heavy atom. The number of nitrogens with one attached hydrogen (secondary N) is 2. The van der Waals surface area contributed by atoms with Gasteiger partial charge in [-0.2, -0.15) is 0 Å². The largest absolute Gasteiger partial charge is 0.454 e. The van der Waals surface area contributed by atoms with E-state index in [-0.39, 0.29) is 31.2 Å². The van der Waals surface area contributed by atoms with E-state index in [0.29, 0.717) is 28.6 Å². The van der Waals surface area contributed by atoms with Crippen LogP contribution in [-0.4, -0.2) is 43.1 Å². The highest BCUT2D eigenvalue weighted by atomic mass is 35.5. The summed E-state index contributed by atoms with van der Waals surface area (Å²) in [5, 5.41) is 8.47. The Balaban J connectivity index is 1.20. The summed E-state index contributed by atoms with van der Waals surface area (Å²) in [5.41, 5.74) is 2.85. The fourth-order valence-electron chi connectivity index (χ4n) is 4.25. The lowest BCUT2D eigenvalue weighted by atomic mass is 10.0. The molecule has 9 heteroatoms. The third-order valence-corrected chi connectivity index (χ3v) is 7.34. The van der Waals surface area contributed by atoms with Crippen molar-refractivity contribution < 1.29 is 19.1 Å². The molecule has 5 rings (SSSR count). The van der Waals surface area contributed by atoms with E-state index in [1.54, 1.807) is 29.5 Å². The third-order valence-electron chi connectivity index (χ3n) is 6.07. The molecule has 0 spiro atoms. The Hall–Kier alpha value is -3.07. The zero-order valence-corrected chi connectivity index (χ0v) is 20.0. The maximum absolute atomic E-state index is 12.6. The molecule has 2 amide bonds. The number of ether oxygens (including phenoxy) is 2. The van der Waals surface area contributed by atoms with Crippen LogP contribution in [0.3, 0.4) is 0 Å². The van der Waals surface area contributed by atoms with Gasteiger partial charge in [-0.3, -0.25) is 14.5 Å². The minimum absolute atomic E-state index is 0.00109. The van der Waals surface area contributed by atoms with Gasteiger partial charge in [0.05, 0.1) is 12.6 Å². The summed E-state index contributed by atoms with van der Waals surface area (Å²) in [5.74, 6) is 0.540. The van der Waals surface area contributed by atoms with Gasteiger partial charge in [-0.15, -0.1) is 11.3 Å². The van der Waals surface area contributed by atoms with Crippen LogP contribution in [0.4, 0.5) is 0 Å². The number of benzene rings is 2. The summed E-state index contributed by atoms with van der Waals surface area (Å²) in [6.07, 6.45) is 0.997. The molecule has 2 aliphatic rings. The zero-order valence-electron chi connectivity index (χ0n) is 18.4. The number of halogens is 1. The zero-order chi connectivity index (χ0) is 23.5. The summed E-state index contributed by atoms with van der Waals surface area (Å²) in [6.45, 7) is 2.21. The van der Waals surface area contributed by atoms with Gasteiger partial charge >= 0.3 is 0 Å². The Labute approximate surface area is 206 Å². The van der Waals surface area contributed by atoms with Crippen molar-refractivity contribution in [1.29, 1.82) is 0 Å². The first-order valence-electron chi connectivity index (χ1n) is 11.1. The van der Waals surface area contributed by atoms with Gasteiger partial charge < -0.3 is 20.1 Å². The van der Waals surface area contributed by atoms with Gasteiger partial charge in [0, 0.05) is 35.1 Å². The first-order valence-corrected chi connectivity index (χ1v) is 12.3. The van der Waals surface area contributed by atoms with Crippen molar-refractivity contribution in [3.63, 3.8) is 0 Å². The molecule has 0 fully saturated rings. The fraction of sp³-hybridized carbons (Fsp3) is 0.280. The molecule has 0 saturated heterocycles. The smallest absolute Gasteiger partial charge is 0.251 e. The molecule has 0 radical (unpaired) electrons. The highest BCUT2D eigenvalue weighted by Gasteiger charge is 2.26. The van der Waals surface area contributed by atoms with E-state index < -0.39 is 0 Å². The molecule has 0 aliphatic carbocycles. The lowest BCUT2D eigenvalue weighted by Gasteiger charge is -2.35. The van der Waals surface area contributed by atoms with Crippen LogP contribution >= 0.6 is 22.9 Å². The van der Waals surface area contributed by atoms with Gasteiger partial charge in [0.1, 0.15) is 0 Å². The van der Waals surface area contributed by atoms with E-state index in [4.69, 9.17) is 21.1 Å². The van der Waals surface area contributed by atoms with Crippen LogP contribution in [0.15, 0.2) is 53.9 Å².